The fourth-order valence-corrected chi connectivity index (χ4v) is 5.33. The molecule has 2 aliphatic rings. The van der Waals surface area contributed by atoms with E-state index in [1.807, 2.05) is 6.33 Å². The summed E-state index contributed by atoms with van der Waals surface area (Å²) in [4.78, 5) is 25.6. The molecule has 0 unspecified atom stereocenters. The normalized spacial score (nSPS) is 20.7. The third kappa shape index (κ3) is 2.96. The molecule has 2 aliphatic heterocycles. The Morgan fingerprint density at radius 2 is 2.16 bits per heavy atom. The number of carbonyl (C=O) groups excluding carboxylic acids is 1. The Morgan fingerprint density at radius 3 is 2.84 bits per heavy atom. The SMILES string of the molecule is CCN1CCc2[nH]cnc2C12CCN(Cc1csc(C(C)=O)c1)CC2. The lowest BCUT2D eigenvalue weighted by Gasteiger charge is -2.50. The second kappa shape index (κ2) is 6.67. The van der Waals surface area contributed by atoms with Crippen LogP contribution in [0.15, 0.2) is 17.8 Å². The van der Waals surface area contributed by atoms with Crippen molar-refractivity contribution in [1.29, 1.82) is 0 Å². The Kier molecular flexibility index (Phi) is 4.52. The molecule has 134 valence electrons. The molecule has 5 nitrogen and oxygen atoms in total. The highest BCUT2D eigenvalue weighted by molar-refractivity contribution is 7.12. The lowest BCUT2D eigenvalue weighted by atomic mass is 9.78. The number of thiophene rings is 1. The number of likely N-dealkylation sites (tertiary alicyclic amines) is 1. The van der Waals surface area contributed by atoms with Gasteiger partial charge in [0.15, 0.2) is 5.78 Å². The predicted octanol–water partition coefficient (Wildman–Crippen LogP) is 3.04. The van der Waals surface area contributed by atoms with E-state index in [1.165, 1.54) is 17.0 Å². The number of nitrogens with zero attached hydrogens (tertiary/aromatic N) is 3. The molecule has 0 radical (unpaired) electrons. The van der Waals surface area contributed by atoms with Gasteiger partial charge in [-0.05, 0) is 43.3 Å². The molecule has 6 heteroatoms. The fourth-order valence-electron chi connectivity index (χ4n) is 4.52. The quantitative estimate of drug-likeness (QED) is 0.854. The largest absolute Gasteiger partial charge is 0.348 e. The number of hydrogen-bond acceptors (Lipinski definition) is 5. The minimum absolute atomic E-state index is 0.109. The van der Waals surface area contributed by atoms with Crippen molar-refractivity contribution in [3.05, 3.63) is 39.6 Å². The van der Waals surface area contributed by atoms with Crippen molar-refractivity contribution in [2.75, 3.05) is 26.2 Å². The zero-order valence-corrected chi connectivity index (χ0v) is 15.9. The number of rotatable bonds is 4. The van der Waals surface area contributed by atoms with E-state index < -0.39 is 0 Å². The molecule has 0 aromatic carbocycles. The van der Waals surface area contributed by atoms with Gasteiger partial charge in [0, 0.05) is 38.3 Å². The molecule has 0 amide bonds. The molecule has 0 aliphatic carbocycles. The van der Waals surface area contributed by atoms with Crippen LogP contribution in [0, 0.1) is 0 Å². The number of Topliss-reactive ketones (excluding diaryl/α,β-unsaturated/α-hetero) is 1. The van der Waals surface area contributed by atoms with Gasteiger partial charge in [0.1, 0.15) is 0 Å². The van der Waals surface area contributed by atoms with Crippen LogP contribution in [0.3, 0.4) is 0 Å². The summed E-state index contributed by atoms with van der Waals surface area (Å²) in [6, 6.07) is 2.06. The topological polar surface area (TPSA) is 52.2 Å². The van der Waals surface area contributed by atoms with Crippen LogP contribution in [0.5, 0.6) is 0 Å². The summed E-state index contributed by atoms with van der Waals surface area (Å²) in [7, 11) is 0. The van der Waals surface area contributed by atoms with Gasteiger partial charge in [0.25, 0.3) is 0 Å². The molecule has 4 heterocycles. The number of H-pyrrole nitrogens is 1. The zero-order chi connectivity index (χ0) is 17.4. The van der Waals surface area contributed by atoms with Crippen LogP contribution in [0.1, 0.15) is 53.3 Å². The number of fused-ring (bicyclic) bond motifs is 2. The minimum atomic E-state index is 0.109. The number of likely N-dealkylation sites (N-methyl/N-ethyl adjacent to an activating group) is 1. The van der Waals surface area contributed by atoms with Gasteiger partial charge in [0.05, 0.1) is 22.4 Å². The fraction of sp³-hybridized carbons (Fsp3) is 0.579. The molecule has 4 rings (SSSR count). The first-order chi connectivity index (χ1) is 12.1. The van der Waals surface area contributed by atoms with Crippen molar-refractivity contribution >= 4 is 17.1 Å². The van der Waals surface area contributed by atoms with E-state index >= 15 is 0 Å². The second-order valence-corrected chi connectivity index (χ2v) is 8.15. The van der Waals surface area contributed by atoms with E-state index in [4.69, 9.17) is 4.98 Å². The maximum atomic E-state index is 11.5. The van der Waals surface area contributed by atoms with Crippen LogP contribution in [-0.4, -0.2) is 51.7 Å². The first-order valence-electron chi connectivity index (χ1n) is 9.21. The van der Waals surface area contributed by atoms with Gasteiger partial charge in [0.2, 0.25) is 0 Å². The van der Waals surface area contributed by atoms with E-state index in [0.717, 1.165) is 56.9 Å². The smallest absolute Gasteiger partial charge is 0.169 e. The molecule has 1 N–H and O–H groups in total. The van der Waals surface area contributed by atoms with Crippen molar-refractivity contribution in [3.8, 4) is 0 Å². The minimum Gasteiger partial charge on any atom is -0.348 e. The predicted molar refractivity (Wildman–Crippen MR) is 100 cm³/mol. The Morgan fingerprint density at radius 1 is 1.36 bits per heavy atom. The highest BCUT2D eigenvalue weighted by atomic mass is 32.1. The first kappa shape index (κ1) is 16.9. The third-order valence-electron chi connectivity index (χ3n) is 5.87. The first-order valence-corrected chi connectivity index (χ1v) is 10.1. The molecule has 0 bridgehead atoms. The number of hydrogen-bond donors (Lipinski definition) is 1. The lowest BCUT2D eigenvalue weighted by molar-refractivity contribution is 0.00712. The molecular weight excluding hydrogens is 332 g/mol. The van der Waals surface area contributed by atoms with Crippen molar-refractivity contribution in [2.45, 2.75) is 45.2 Å². The number of aromatic amines is 1. The van der Waals surface area contributed by atoms with Crippen LogP contribution in [0.2, 0.25) is 0 Å². The number of carbonyl (C=O) groups is 1. The maximum absolute atomic E-state index is 11.5. The van der Waals surface area contributed by atoms with E-state index in [0.29, 0.717) is 0 Å². The summed E-state index contributed by atoms with van der Waals surface area (Å²) < 4.78 is 0. The molecule has 2 aromatic rings. The summed E-state index contributed by atoms with van der Waals surface area (Å²) in [5, 5.41) is 2.13. The van der Waals surface area contributed by atoms with Crippen molar-refractivity contribution in [2.24, 2.45) is 0 Å². The summed E-state index contributed by atoms with van der Waals surface area (Å²) in [5.74, 6) is 0.167. The molecule has 0 atom stereocenters. The van der Waals surface area contributed by atoms with Gasteiger partial charge in [-0.2, -0.15) is 0 Å². The van der Waals surface area contributed by atoms with Crippen molar-refractivity contribution in [3.63, 3.8) is 0 Å². The van der Waals surface area contributed by atoms with Crippen LogP contribution < -0.4 is 0 Å². The Hall–Kier alpha value is -1.50. The average Bonchev–Trinajstić information content (AvgIpc) is 3.27. The summed E-state index contributed by atoms with van der Waals surface area (Å²) in [6.07, 6.45) is 5.20. The van der Waals surface area contributed by atoms with Crippen LogP contribution in [-0.2, 0) is 18.5 Å². The average molecular weight is 359 g/mol. The standard InChI is InChI=1S/C19H26N4OS/c1-3-23-7-4-16-18(21-13-20-16)19(23)5-8-22(9-6-19)11-15-10-17(14(2)24)25-12-15/h10,12-13H,3-9,11H2,1-2H3,(H,20,21). The van der Waals surface area contributed by atoms with E-state index in [9.17, 15) is 4.79 Å². The van der Waals surface area contributed by atoms with Gasteiger partial charge >= 0.3 is 0 Å². The molecule has 2 aromatic heterocycles. The van der Waals surface area contributed by atoms with Gasteiger partial charge in [-0.15, -0.1) is 11.3 Å². The van der Waals surface area contributed by atoms with Gasteiger partial charge in [-0.3, -0.25) is 14.6 Å². The second-order valence-electron chi connectivity index (χ2n) is 7.24. The van der Waals surface area contributed by atoms with Crippen LogP contribution >= 0.6 is 11.3 Å². The van der Waals surface area contributed by atoms with Gasteiger partial charge < -0.3 is 4.98 Å². The van der Waals surface area contributed by atoms with E-state index in [1.54, 1.807) is 18.3 Å². The summed E-state index contributed by atoms with van der Waals surface area (Å²) in [6.45, 7) is 9.21. The molecule has 1 saturated heterocycles. The van der Waals surface area contributed by atoms with Crippen LogP contribution in [0.4, 0.5) is 0 Å². The maximum Gasteiger partial charge on any atom is 0.169 e. The zero-order valence-electron chi connectivity index (χ0n) is 15.0. The van der Waals surface area contributed by atoms with E-state index in [2.05, 4.69) is 33.2 Å². The summed E-state index contributed by atoms with van der Waals surface area (Å²) >= 11 is 1.57. The van der Waals surface area contributed by atoms with E-state index in [-0.39, 0.29) is 11.3 Å². The number of aromatic nitrogens is 2. The Bertz CT molecular complexity index is 757. The lowest BCUT2D eigenvalue weighted by Crippen LogP contribution is -2.56. The molecule has 0 saturated carbocycles. The molecule has 1 spiro atoms. The number of imidazole rings is 1. The van der Waals surface area contributed by atoms with Crippen molar-refractivity contribution < 1.29 is 4.79 Å². The summed E-state index contributed by atoms with van der Waals surface area (Å²) in [5.41, 5.74) is 4.00. The van der Waals surface area contributed by atoms with Crippen molar-refractivity contribution in [1.82, 2.24) is 19.8 Å². The number of ketones is 1. The highest BCUT2D eigenvalue weighted by Gasteiger charge is 2.45. The Labute approximate surface area is 153 Å². The molecular formula is C19H26N4OS. The molecule has 1 fully saturated rings. The number of piperidine rings is 1. The highest BCUT2D eigenvalue weighted by Crippen LogP contribution is 2.42. The monoisotopic (exact) mass is 358 g/mol. The van der Waals surface area contributed by atoms with Crippen LogP contribution in [0.25, 0.3) is 0 Å². The number of nitrogens with one attached hydrogen (secondary N) is 1. The van der Waals surface area contributed by atoms with Gasteiger partial charge in [-0.1, -0.05) is 6.92 Å². The Balaban J connectivity index is 1.48. The molecule has 25 heavy (non-hydrogen) atoms. The third-order valence-corrected chi connectivity index (χ3v) is 6.95. The van der Waals surface area contributed by atoms with Gasteiger partial charge in [-0.25, -0.2) is 4.98 Å².